The lowest BCUT2D eigenvalue weighted by molar-refractivity contribution is -0.148. The third-order valence-corrected chi connectivity index (χ3v) is 2.27. The SMILES string of the molecule is C=C(C)C(=O)ONC1CCCCC1. The highest BCUT2D eigenvalue weighted by molar-refractivity contribution is 5.86. The number of hydrogen-bond acceptors (Lipinski definition) is 3. The second-order valence-corrected chi connectivity index (χ2v) is 3.62. The maximum absolute atomic E-state index is 11.0. The molecule has 0 saturated heterocycles. The summed E-state index contributed by atoms with van der Waals surface area (Å²) in [5.74, 6) is -0.356. The van der Waals surface area contributed by atoms with E-state index < -0.39 is 0 Å². The maximum atomic E-state index is 11.0. The molecule has 0 radical (unpaired) electrons. The van der Waals surface area contributed by atoms with Crippen molar-refractivity contribution in [3.8, 4) is 0 Å². The fourth-order valence-electron chi connectivity index (χ4n) is 1.44. The Hall–Kier alpha value is -0.830. The molecule has 1 aliphatic carbocycles. The third kappa shape index (κ3) is 3.59. The number of rotatable bonds is 3. The van der Waals surface area contributed by atoms with Gasteiger partial charge in [0.05, 0.1) is 0 Å². The summed E-state index contributed by atoms with van der Waals surface area (Å²) in [5.41, 5.74) is 3.23. The summed E-state index contributed by atoms with van der Waals surface area (Å²) in [4.78, 5) is 15.9. The number of carbonyl (C=O) groups is 1. The summed E-state index contributed by atoms with van der Waals surface area (Å²) in [5, 5.41) is 0. The topological polar surface area (TPSA) is 38.3 Å². The van der Waals surface area contributed by atoms with Crippen LogP contribution in [0.1, 0.15) is 39.0 Å². The zero-order valence-electron chi connectivity index (χ0n) is 8.14. The average molecular weight is 183 g/mol. The Labute approximate surface area is 79.1 Å². The molecule has 13 heavy (non-hydrogen) atoms. The van der Waals surface area contributed by atoms with Crippen molar-refractivity contribution in [2.75, 3.05) is 0 Å². The summed E-state index contributed by atoms with van der Waals surface area (Å²) in [6.07, 6.45) is 5.95. The van der Waals surface area contributed by atoms with Crippen LogP contribution in [0.15, 0.2) is 12.2 Å². The highest BCUT2D eigenvalue weighted by Gasteiger charge is 2.14. The van der Waals surface area contributed by atoms with Crippen LogP contribution in [0.25, 0.3) is 0 Å². The third-order valence-electron chi connectivity index (χ3n) is 2.27. The minimum atomic E-state index is -0.356. The van der Waals surface area contributed by atoms with E-state index in [1.165, 1.54) is 19.3 Å². The van der Waals surface area contributed by atoms with E-state index in [-0.39, 0.29) is 5.97 Å². The van der Waals surface area contributed by atoms with Gasteiger partial charge in [0.1, 0.15) is 0 Å². The molecule has 0 bridgehead atoms. The minimum Gasteiger partial charge on any atom is -0.367 e. The highest BCUT2D eigenvalue weighted by atomic mass is 16.7. The fourth-order valence-corrected chi connectivity index (χ4v) is 1.44. The van der Waals surface area contributed by atoms with Gasteiger partial charge in [-0.15, -0.1) is 5.48 Å². The van der Waals surface area contributed by atoms with Crippen LogP contribution in [0, 0.1) is 0 Å². The molecule has 1 N–H and O–H groups in total. The predicted octanol–water partition coefficient (Wildman–Crippen LogP) is 1.94. The maximum Gasteiger partial charge on any atom is 0.351 e. The van der Waals surface area contributed by atoms with Crippen molar-refractivity contribution in [1.82, 2.24) is 5.48 Å². The Kier molecular flexibility index (Phi) is 3.96. The fraction of sp³-hybridized carbons (Fsp3) is 0.700. The molecule has 0 amide bonds. The number of hydrogen-bond donors (Lipinski definition) is 1. The van der Waals surface area contributed by atoms with Crippen molar-refractivity contribution in [1.29, 1.82) is 0 Å². The van der Waals surface area contributed by atoms with Gasteiger partial charge < -0.3 is 4.84 Å². The molecular formula is C10H17NO2. The first-order chi connectivity index (χ1) is 6.20. The molecule has 1 rings (SSSR count). The molecule has 0 aromatic rings. The molecule has 1 fully saturated rings. The first-order valence-electron chi connectivity index (χ1n) is 4.82. The lowest BCUT2D eigenvalue weighted by Gasteiger charge is -2.21. The predicted molar refractivity (Wildman–Crippen MR) is 50.9 cm³/mol. The molecule has 1 aliphatic rings. The van der Waals surface area contributed by atoms with E-state index in [0.29, 0.717) is 11.6 Å². The van der Waals surface area contributed by atoms with Gasteiger partial charge in [-0.1, -0.05) is 25.8 Å². The summed E-state index contributed by atoms with van der Waals surface area (Å²) >= 11 is 0. The molecule has 3 nitrogen and oxygen atoms in total. The van der Waals surface area contributed by atoms with Gasteiger partial charge in [0, 0.05) is 11.6 Å². The molecule has 0 spiro atoms. The number of hydroxylamine groups is 1. The molecule has 3 heteroatoms. The van der Waals surface area contributed by atoms with E-state index in [1.54, 1.807) is 6.92 Å². The Morgan fingerprint density at radius 3 is 2.54 bits per heavy atom. The van der Waals surface area contributed by atoms with Crippen LogP contribution in [-0.2, 0) is 9.63 Å². The molecule has 0 aliphatic heterocycles. The van der Waals surface area contributed by atoms with E-state index >= 15 is 0 Å². The van der Waals surface area contributed by atoms with Gasteiger partial charge in [-0.05, 0) is 19.8 Å². The second-order valence-electron chi connectivity index (χ2n) is 3.62. The van der Waals surface area contributed by atoms with Crippen LogP contribution < -0.4 is 5.48 Å². The van der Waals surface area contributed by atoms with E-state index in [4.69, 9.17) is 4.84 Å². The van der Waals surface area contributed by atoms with Gasteiger partial charge >= 0.3 is 5.97 Å². The second kappa shape index (κ2) is 5.02. The monoisotopic (exact) mass is 183 g/mol. The highest BCUT2D eigenvalue weighted by Crippen LogP contribution is 2.17. The van der Waals surface area contributed by atoms with Gasteiger partial charge in [-0.3, -0.25) is 0 Å². The molecular weight excluding hydrogens is 166 g/mol. The van der Waals surface area contributed by atoms with Crippen LogP contribution in [0.2, 0.25) is 0 Å². The Morgan fingerprint density at radius 1 is 1.38 bits per heavy atom. The molecule has 0 aromatic heterocycles. The van der Waals surface area contributed by atoms with Crippen molar-refractivity contribution in [2.45, 2.75) is 45.1 Å². The summed E-state index contributed by atoms with van der Waals surface area (Å²) in [6, 6.07) is 0.344. The van der Waals surface area contributed by atoms with Gasteiger partial charge in [0.25, 0.3) is 0 Å². The largest absolute Gasteiger partial charge is 0.367 e. The Morgan fingerprint density at radius 2 is 2.00 bits per heavy atom. The standard InChI is InChI=1S/C10H17NO2/c1-8(2)10(12)13-11-9-6-4-3-5-7-9/h9,11H,1,3-7H2,2H3. The normalized spacial score (nSPS) is 18.2. The van der Waals surface area contributed by atoms with Crippen LogP contribution in [0.3, 0.4) is 0 Å². The Balaban J connectivity index is 2.17. The lowest BCUT2D eigenvalue weighted by atomic mass is 9.96. The number of carbonyl (C=O) groups excluding carboxylic acids is 1. The summed E-state index contributed by atoms with van der Waals surface area (Å²) in [6.45, 7) is 5.15. The molecule has 0 atom stereocenters. The first-order valence-corrected chi connectivity index (χ1v) is 4.82. The molecule has 1 saturated carbocycles. The Bertz CT molecular complexity index is 195. The summed E-state index contributed by atoms with van der Waals surface area (Å²) in [7, 11) is 0. The van der Waals surface area contributed by atoms with E-state index in [1.807, 2.05) is 0 Å². The van der Waals surface area contributed by atoms with E-state index in [2.05, 4.69) is 12.1 Å². The zero-order valence-corrected chi connectivity index (χ0v) is 8.14. The molecule has 0 heterocycles. The summed E-state index contributed by atoms with van der Waals surface area (Å²) < 4.78 is 0. The van der Waals surface area contributed by atoms with Gasteiger partial charge in [0.15, 0.2) is 0 Å². The minimum absolute atomic E-state index is 0.344. The van der Waals surface area contributed by atoms with Gasteiger partial charge in [-0.25, -0.2) is 4.79 Å². The number of nitrogens with one attached hydrogen (secondary N) is 1. The average Bonchev–Trinajstić information content (AvgIpc) is 2.15. The van der Waals surface area contributed by atoms with Gasteiger partial charge in [-0.2, -0.15) is 0 Å². The van der Waals surface area contributed by atoms with Crippen molar-refractivity contribution in [3.63, 3.8) is 0 Å². The molecule has 0 aromatic carbocycles. The quantitative estimate of drug-likeness (QED) is 0.537. The van der Waals surface area contributed by atoms with E-state index in [9.17, 15) is 4.79 Å². The smallest absolute Gasteiger partial charge is 0.351 e. The van der Waals surface area contributed by atoms with E-state index in [0.717, 1.165) is 12.8 Å². The van der Waals surface area contributed by atoms with Crippen LogP contribution >= 0.6 is 0 Å². The van der Waals surface area contributed by atoms with Crippen molar-refractivity contribution in [3.05, 3.63) is 12.2 Å². The lowest BCUT2D eigenvalue weighted by Crippen LogP contribution is -2.33. The first kappa shape index (κ1) is 10.3. The van der Waals surface area contributed by atoms with Crippen LogP contribution in [0.4, 0.5) is 0 Å². The van der Waals surface area contributed by atoms with Crippen molar-refractivity contribution >= 4 is 5.97 Å². The van der Waals surface area contributed by atoms with Crippen LogP contribution in [-0.4, -0.2) is 12.0 Å². The molecule has 74 valence electrons. The van der Waals surface area contributed by atoms with Gasteiger partial charge in [0.2, 0.25) is 0 Å². The van der Waals surface area contributed by atoms with Crippen LogP contribution in [0.5, 0.6) is 0 Å². The van der Waals surface area contributed by atoms with Crippen molar-refractivity contribution in [2.24, 2.45) is 0 Å². The zero-order chi connectivity index (χ0) is 9.68. The van der Waals surface area contributed by atoms with Crippen molar-refractivity contribution < 1.29 is 9.63 Å². The molecule has 0 unspecified atom stereocenters.